The highest BCUT2D eigenvalue weighted by Crippen LogP contribution is 2.33. The van der Waals surface area contributed by atoms with Gasteiger partial charge in [0.05, 0.1) is 25.8 Å². The van der Waals surface area contributed by atoms with E-state index in [4.69, 9.17) is 14.2 Å². The van der Waals surface area contributed by atoms with Gasteiger partial charge in [-0.15, -0.1) is 0 Å². The number of ether oxygens (including phenoxy) is 3. The van der Waals surface area contributed by atoms with Crippen molar-refractivity contribution in [3.8, 4) is 17.2 Å². The number of aromatic amines is 1. The van der Waals surface area contributed by atoms with Gasteiger partial charge >= 0.3 is 0 Å². The molecular formula is C22H33NO4. The lowest BCUT2D eigenvalue weighted by molar-refractivity contribution is 0.258. The molecule has 5 nitrogen and oxygen atoms in total. The molecule has 0 aliphatic heterocycles. The predicted octanol–water partition coefficient (Wildman–Crippen LogP) is 5.45. The number of H-pyrrole nitrogens is 1. The predicted molar refractivity (Wildman–Crippen MR) is 110 cm³/mol. The number of nitrogens with one attached hydrogen (secondary N) is 1. The lowest BCUT2D eigenvalue weighted by atomic mass is 10.1. The molecule has 0 spiro atoms. The third-order valence-electron chi connectivity index (χ3n) is 4.62. The molecular weight excluding hydrogens is 342 g/mol. The van der Waals surface area contributed by atoms with E-state index in [2.05, 4.69) is 18.8 Å². The minimum atomic E-state index is -0.255. The Morgan fingerprint density at radius 3 is 2.07 bits per heavy atom. The van der Waals surface area contributed by atoms with Crippen LogP contribution in [0, 0.1) is 0 Å². The van der Waals surface area contributed by atoms with E-state index in [-0.39, 0.29) is 5.56 Å². The fourth-order valence-corrected chi connectivity index (χ4v) is 3.04. The van der Waals surface area contributed by atoms with E-state index < -0.39 is 0 Å². The van der Waals surface area contributed by atoms with Gasteiger partial charge in [0, 0.05) is 11.5 Å². The minimum Gasteiger partial charge on any atom is -0.497 e. The van der Waals surface area contributed by atoms with Crippen LogP contribution < -0.4 is 19.8 Å². The van der Waals surface area contributed by atoms with E-state index in [1.807, 2.05) is 18.2 Å². The van der Waals surface area contributed by atoms with Crippen molar-refractivity contribution < 1.29 is 14.2 Å². The first-order valence-electron chi connectivity index (χ1n) is 10.2. The van der Waals surface area contributed by atoms with Gasteiger partial charge in [-0.2, -0.15) is 0 Å². The summed E-state index contributed by atoms with van der Waals surface area (Å²) in [6.45, 7) is 5.46. The third-order valence-corrected chi connectivity index (χ3v) is 4.62. The maximum absolute atomic E-state index is 12.6. The van der Waals surface area contributed by atoms with Crippen molar-refractivity contribution in [2.24, 2.45) is 0 Å². The zero-order chi connectivity index (χ0) is 19.5. The van der Waals surface area contributed by atoms with Crippen molar-refractivity contribution in [2.75, 3.05) is 20.3 Å². The standard InChI is InChI=1S/C22H33NO4/c1-4-6-8-10-14-26-20-18-13-12-17(25-3)16-19(18)23-22(24)21(20)27-15-11-9-7-5-2/h12-13,16H,4-11,14-15H2,1-3H3,(H,23,24). The Morgan fingerprint density at radius 2 is 1.48 bits per heavy atom. The van der Waals surface area contributed by atoms with E-state index in [0.717, 1.165) is 31.1 Å². The van der Waals surface area contributed by atoms with E-state index in [1.165, 1.54) is 25.7 Å². The Kier molecular flexibility index (Phi) is 9.02. The highest BCUT2D eigenvalue weighted by Gasteiger charge is 2.16. The molecule has 150 valence electrons. The monoisotopic (exact) mass is 375 g/mol. The molecule has 0 amide bonds. The van der Waals surface area contributed by atoms with E-state index in [9.17, 15) is 4.79 Å². The van der Waals surface area contributed by atoms with Crippen LogP contribution in [0.25, 0.3) is 10.9 Å². The van der Waals surface area contributed by atoms with Crippen molar-refractivity contribution in [3.05, 3.63) is 28.6 Å². The molecule has 5 heteroatoms. The quantitative estimate of drug-likeness (QED) is 0.473. The zero-order valence-corrected chi connectivity index (χ0v) is 16.9. The Hall–Kier alpha value is -2.17. The van der Waals surface area contributed by atoms with Crippen molar-refractivity contribution in [2.45, 2.75) is 65.2 Å². The van der Waals surface area contributed by atoms with Crippen molar-refractivity contribution in [1.29, 1.82) is 0 Å². The first-order chi connectivity index (χ1) is 13.2. The lowest BCUT2D eigenvalue weighted by Gasteiger charge is -2.15. The van der Waals surface area contributed by atoms with Crippen molar-refractivity contribution in [3.63, 3.8) is 0 Å². The fraction of sp³-hybridized carbons (Fsp3) is 0.591. The molecule has 0 saturated heterocycles. The molecule has 0 radical (unpaired) electrons. The van der Waals surface area contributed by atoms with Gasteiger partial charge in [0.1, 0.15) is 5.75 Å². The molecule has 0 unspecified atom stereocenters. The number of aromatic nitrogens is 1. The molecule has 0 fully saturated rings. The summed E-state index contributed by atoms with van der Waals surface area (Å²) < 4.78 is 17.2. The number of pyridine rings is 1. The number of rotatable bonds is 13. The Bertz CT molecular complexity index is 754. The Labute approximate surface area is 162 Å². The van der Waals surface area contributed by atoms with Crippen molar-refractivity contribution in [1.82, 2.24) is 4.98 Å². The Morgan fingerprint density at radius 1 is 0.852 bits per heavy atom. The maximum Gasteiger partial charge on any atom is 0.294 e. The number of benzene rings is 1. The molecule has 2 rings (SSSR count). The van der Waals surface area contributed by atoms with Crippen LogP contribution in [0.1, 0.15) is 65.2 Å². The first-order valence-corrected chi connectivity index (χ1v) is 10.2. The highest BCUT2D eigenvalue weighted by molar-refractivity contribution is 5.88. The molecule has 0 saturated carbocycles. The molecule has 0 aliphatic rings. The summed E-state index contributed by atoms with van der Waals surface area (Å²) in [5.74, 6) is 1.53. The first kappa shape index (κ1) is 21.1. The van der Waals surface area contributed by atoms with Gasteiger partial charge < -0.3 is 19.2 Å². The second kappa shape index (κ2) is 11.5. The van der Waals surface area contributed by atoms with Gasteiger partial charge in [-0.1, -0.05) is 52.4 Å². The summed E-state index contributed by atoms with van der Waals surface area (Å²) in [4.78, 5) is 15.5. The van der Waals surface area contributed by atoms with Gasteiger partial charge in [0.2, 0.25) is 5.75 Å². The van der Waals surface area contributed by atoms with Crippen LogP contribution in [0.2, 0.25) is 0 Å². The number of fused-ring (bicyclic) bond motifs is 1. The normalized spacial score (nSPS) is 10.9. The number of hydrogen-bond donors (Lipinski definition) is 1. The summed E-state index contributed by atoms with van der Waals surface area (Å²) in [7, 11) is 1.61. The molecule has 0 aliphatic carbocycles. The minimum absolute atomic E-state index is 0.255. The summed E-state index contributed by atoms with van der Waals surface area (Å²) in [6, 6.07) is 5.59. The molecule has 0 atom stereocenters. The van der Waals surface area contributed by atoms with Crippen LogP contribution in [0.15, 0.2) is 23.0 Å². The average molecular weight is 376 g/mol. The van der Waals surface area contributed by atoms with Gasteiger partial charge in [0.25, 0.3) is 5.56 Å². The summed E-state index contributed by atoms with van der Waals surface area (Å²) >= 11 is 0. The summed E-state index contributed by atoms with van der Waals surface area (Å²) in [5.41, 5.74) is 0.441. The highest BCUT2D eigenvalue weighted by atomic mass is 16.5. The topological polar surface area (TPSA) is 60.6 Å². The molecule has 1 N–H and O–H groups in total. The Balaban J connectivity index is 2.23. The largest absolute Gasteiger partial charge is 0.497 e. The molecule has 27 heavy (non-hydrogen) atoms. The van der Waals surface area contributed by atoms with E-state index in [1.54, 1.807) is 7.11 Å². The van der Waals surface area contributed by atoms with E-state index in [0.29, 0.717) is 36.0 Å². The van der Waals surface area contributed by atoms with Gasteiger partial charge in [0.15, 0.2) is 5.75 Å². The maximum atomic E-state index is 12.6. The fourth-order valence-electron chi connectivity index (χ4n) is 3.04. The zero-order valence-electron chi connectivity index (χ0n) is 16.9. The van der Waals surface area contributed by atoms with Crippen molar-refractivity contribution >= 4 is 10.9 Å². The molecule has 1 heterocycles. The third kappa shape index (κ3) is 6.19. The van der Waals surface area contributed by atoms with Crippen LogP contribution in [-0.4, -0.2) is 25.3 Å². The smallest absolute Gasteiger partial charge is 0.294 e. The molecule has 1 aromatic heterocycles. The summed E-state index contributed by atoms with van der Waals surface area (Å²) in [6.07, 6.45) is 8.85. The second-order valence-electron chi connectivity index (χ2n) is 6.84. The molecule has 2 aromatic rings. The van der Waals surface area contributed by atoms with Gasteiger partial charge in [-0.25, -0.2) is 0 Å². The average Bonchev–Trinajstić information content (AvgIpc) is 2.68. The molecule has 0 bridgehead atoms. The van der Waals surface area contributed by atoms with Crippen LogP contribution in [0.5, 0.6) is 17.2 Å². The van der Waals surface area contributed by atoms with Crippen LogP contribution in [0.4, 0.5) is 0 Å². The number of unbranched alkanes of at least 4 members (excludes halogenated alkanes) is 6. The number of methoxy groups -OCH3 is 1. The number of hydrogen-bond acceptors (Lipinski definition) is 4. The van der Waals surface area contributed by atoms with Crippen LogP contribution >= 0.6 is 0 Å². The second-order valence-corrected chi connectivity index (χ2v) is 6.84. The lowest BCUT2D eigenvalue weighted by Crippen LogP contribution is -2.15. The SMILES string of the molecule is CCCCCCOc1c(OCCCCCC)c2ccc(OC)cc2[nH]c1=O. The van der Waals surface area contributed by atoms with Crippen LogP contribution in [-0.2, 0) is 0 Å². The van der Waals surface area contributed by atoms with Gasteiger partial charge in [-0.05, 0) is 25.0 Å². The van der Waals surface area contributed by atoms with E-state index >= 15 is 0 Å². The van der Waals surface area contributed by atoms with Gasteiger partial charge in [-0.3, -0.25) is 4.79 Å². The van der Waals surface area contributed by atoms with Crippen LogP contribution in [0.3, 0.4) is 0 Å². The summed E-state index contributed by atoms with van der Waals surface area (Å²) in [5, 5.41) is 0.842. The molecule has 1 aromatic carbocycles.